The molecule has 0 saturated carbocycles. The fraction of sp³-hybridized carbons (Fsp3) is 0.263. The van der Waals surface area contributed by atoms with Crippen molar-refractivity contribution >= 4 is 29.3 Å². The van der Waals surface area contributed by atoms with Crippen LogP contribution in [0.15, 0.2) is 47.6 Å². The molecule has 0 fully saturated rings. The molecule has 3 rings (SSSR count). The maximum atomic E-state index is 12.2. The average Bonchev–Trinajstić information content (AvgIpc) is 3.15. The zero-order valence-corrected chi connectivity index (χ0v) is 17.1. The van der Waals surface area contributed by atoms with Crippen LogP contribution in [0.5, 0.6) is 5.75 Å². The zero-order valence-electron chi connectivity index (χ0n) is 15.6. The number of benzene rings is 2. The Morgan fingerprint density at radius 3 is 2.93 bits per heavy atom. The lowest BCUT2D eigenvalue weighted by atomic mass is 10.1. The van der Waals surface area contributed by atoms with Crippen LogP contribution in [-0.2, 0) is 11.2 Å². The van der Waals surface area contributed by atoms with Gasteiger partial charge < -0.3 is 10.1 Å². The van der Waals surface area contributed by atoms with Crippen molar-refractivity contribution in [2.24, 2.45) is 0 Å². The summed E-state index contributed by atoms with van der Waals surface area (Å²) >= 11 is 7.24. The average molecular weight is 418 g/mol. The molecule has 0 radical (unpaired) electrons. The Hall–Kier alpha value is -2.58. The van der Waals surface area contributed by atoms with E-state index in [9.17, 15) is 4.79 Å². The summed E-state index contributed by atoms with van der Waals surface area (Å²) in [6.45, 7) is 2.52. The van der Waals surface area contributed by atoms with Gasteiger partial charge in [0.2, 0.25) is 11.1 Å². The van der Waals surface area contributed by atoms with Crippen molar-refractivity contribution in [3.05, 3.63) is 58.6 Å². The second-order valence-electron chi connectivity index (χ2n) is 6.07. The normalized spacial score (nSPS) is 10.7. The van der Waals surface area contributed by atoms with Gasteiger partial charge in [-0.2, -0.15) is 4.68 Å². The molecule has 0 bridgehead atoms. The van der Waals surface area contributed by atoms with Gasteiger partial charge in [-0.3, -0.25) is 4.79 Å². The first-order valence-electron chi connectivity index (χ1n) is 8.64. The van der Waals surface area contributed by atoms with Gasteiger partial charge >= 0.3 is 0 Å². The van der Waals surface area contributed by atoms with E-state index < -0.39 is 0 Å². The number of carbonyl (C=O) groups is 1. The first-order chi connectivity index (χ1) is 13.6. The minimum Gasteiger partial charge on any atom is -0.494 e. The monoisotopic (exact) mass is 417 g/mol. The van der Waals surface area contributed by atoms with Gasteiger partial charge in [0.05, 0.1) is 12.9 Å². The molecule has 1 aromatic heterocycles. The van der Waals surface area contributed by atoms with E-state index in [1.165, 1.54) is 11.8 Å². The molecule has 1 N–H and O–H groups in total. The SMILES string of the molecule is COc1ccc(C)cc1-n1nnnc1SCC(=O)NCCc1cccc(Cl)c1. The molecular weight excluding hydrogens is 398 g/mol. The Bertz CT molecular complexity index is 963. The Morgan fingerprint density at radius 1 is 1.29 bits per heavy atom. The number of carbonyl (C=O) groups excluding carboxylic acids is 1. The van der Waals surface area contributed by atoms with Crippen LogP contribution in [0, 0.1) is 6.92 Å². The van der Waals surface area contributed by atoms with Crippen molar-refractivity contribution in [3.63, 3.8) is 0 Å². The van der Waals surface area contributed by atoms with Gasteiger partial charge in [0.1, 0.15) is 11.4 Å². The summed E-state index contributed by atoms with van der Waals surface area (Å²) in [7, 11) is 1.60. The van der Waals surface area contributed by atoms with Crippen LogP contribution < -0.4 is 10.1 Å². The number of nitrogens with one attached hydrogen (secondary N) is 1. The topological polar surface area (TPSA) is 81.9 Å². The van der Waals surface area contributed by atoms with Gasteiger partial charge in [-0.15, -0.1) is 5.10 Å². The standard InChI is InChI=1S/C19H20ClN5O2S/c1-13-6-7-17(27-2)16(10-13)25-19(22-23-24-25)28-12-18(26)21-9-8-14-4-3-5-15(20)11-14/h3-7,10-11H,8-9,12H2,1-2H3,(H,21,26). The molecule has 0 saturated heterocycles. The fourth-order valence-electron chi connectivity index (χ4n) is 2.61. The number of amides is 1. The first kappa shape index (κ1) is 20.2. The summed E-state index contributed by atoms with van der Waals surface area (Å²) in [4.78, 5) is 12.2. The predicted molar refractivity (Wildman–Crippen MR) is 109 cm³/mol. The molecule has 9 heteroatoms. The lowest BCUT2D eigenvalue weighted by molar-refractivity contribution is -0.118. The van der Waals surface area contributed by atoms with Gasteiger partial charge in [-0.25, -0.2) is 0 Å². The largest absolute Gasteiger partial charge is 0.494 e. The number of hydrogen-bond donors (Lipinski definition) is 1. The second-order valence-corrected chi connectivity index (χ2v) is 7.45. The number of halogens is 1. The van der Waals surface area contributed by atoms with Crippen LogP contribution in [0.2, 0.25) is 5.02 Å². The molecule has 0 spiro atoms. The molecule has 2 aromatic carbocycles. The van der Waals surface area contributed by atoms with E-state index in [2.05, 4.69) is 20.8 Å². The molecule has 0 aliphatic rings. The van der Waals surface area contributed by atoms with E-state index >= 15 is 0 Å². The zero-order chi connectivity index (χ0) is 19.9. The number of methoxy groups -OCH3 is 1. The van der Waals surface area contributed by atoms with Crippen LogP contribution in [0.3, 0.4) is 0 Å². The number of nitrogens with zero attached hydrogens (tertiary/aromatic N) is 4. The summed E-state index contributed by atoms with van der Waals surface area (Å²) in [6.07, 6.45) is 0.717. The van der Waals surface area contributed by atoms with Gasteiger partial charge in [-0.05, 0) is 59.2 Å². The Morgan fingerprint density at radius 2 is 2.14 bits per heavy atom. The molecule has 0 aliphatic heterocycles. The summed E-state index contributed by atoms with van der Waals surface area (Å²) in [6, 6.07) is 13.4. The second kappa shape index (κ2) is 9.57. The molecule has 0 atom stereocenters. The maximum Gasteiger partial charge on any atom is 0.230 e. The minimum atomic E-state index is -0.0854. The highest BCUT2D eigenvalue weighted by Gasteiger charge is 2.15. The van der Waals surface area contributed by atoms with Crippen LogP contribution in [0.1, 0.15) is 11.1 Å². The van der Waals surface area contributed by atoms with E-state index in [1.54, 1.807) is 11.8 Å². The molecule has 146 valence electrons. The smallest absolute Gasteiger partial charge is 0.230 e. The number of hydrogen-bond acceptors (Lipinski definition) is 6. The summed E-state index contributed by atoms with van der Waals surface area (Å²) < 4.78 is 6.97. The van der Waals surface area contributed by atoms with E-state index in [0.717, 1.165) is 23.2 Å². The van der Waals surface area contributed by atoms with Gasteiger partial charge in [-0.1, -0.05) is 41.6 Å². The van der Waals surface area contributed by atoms with Crippen molar-refractivity contribution in [1.82, 2.24) is 25.5 Å². The van der Waals surface area contributed by atoms with Crippen LogP contribution >= 0.6 is 23.4 Å². The van der Waals surface area contributed by atoms with Crippen LogP contribution in [0.25, 0.3) is 5.69 Å². The van der Waals surface area contributed by atoms with Crippen molar-refractivity contribution in [2.75, 3.05) is 19.4 Å². The van der Waals surface area contributed by atoms with Gasteiger partial charge in [0, 0.05) is 11.6 Å². The van der Waals surface area contributed by atoms with Gasteiger partial charge in [0.25, 0.3) is 0 Å². The van der Waals surface area contributed by atoms with Crippen LogP contribution in [-0.4, -0.2) is 45.5 Å². The van der Waals surface area contributed by atoms with E-state index in [4.69, 9.17) is 16.3 Å². The molecule has 0 unspecified atom stereocenters. The highest BCUT2D eigenvalue weighted by atomic mass is 35.5. The van der Waals surface area contributed by atoms with E-state index in [-0.39, 0.29) is 11.7 Å². The summed E-state index contributed by atoms with van der Waals surface area (Å²) in [5.74, 6) is 0.785. The van der Waals surface area contributed by atoms with Crippen molar-refractivity contribution in [1.29, 1.82) is 0 Å². The highest BCUT2D eigenvalue weighted by molar-refractivity contribution is 7.99. The number of tetrazole rings is 1. The Labute approximate surface area is 172 Å². The maximum absolute atomic E-state index is 12.2. The third kappa shape index (κ3) is 5.24. The predicted octanol–water partition coefficient (Wildman–Crippen LogP) is 3.08. The summed E-state index contributed by atoms with van der Waals surface area (Å²) in [5, 5.41) is 15.9. The molecule has 0 aliphatic carbocycles. The number of rotatable bonds is 8. The van der Waals surface area contributed by atoms with E-state index in [1.807, 2.05) is 49.4 Å². The number of aromatic nitrogens is 4. The molecule has 7 nitrogen and oxygen atoms in total. The Balaban J connectivity index is 1.56. The third-order valence-electron chi connectivity index (χ3n) is 3.96. The third-order valence-corrected chi connectivity index (χ3v) is 5.12. The lowest BCUT2D eigenvalue weighted by Gasteiger charge is -2.10. The van der Waals surface area contributed by atoms with Crippen molar-refractivity contribution in [3.8, 4) is 11.4 Å². The number of thioether (sulfide) groups is 1. The molecule has 1 heterocycles. The summed E-state index contributed by atoms with van der Waals surface area (Å²) in [5.41, 5.74) is 2.87. The van der Waals surface area contributed by atoms with Crippen molar-refractivity contribution < 1.29 is 9.53 Å². The molecule has 1 amide bonds. The molecule has 28 heavy (non-hydrogen) atoms. The van der Waals surface area contributed by atoms with E-state index in [0.29, 0.717) is 22.5 Å². The molecule has 3 aromatic rings. The minimum absolute atomic E-state index is 0.0854. The number of aryl methyl sites for hydroxylation is 1. The Kier molecular flexibility index (Phi) is 6.89. The quantitative estimate of drug-likeness (QED) is 0.567. The van der Waals surface area contributed by atoms with Crippen LogP contribution in [0.4, 0.5) is 0 Å². The lowest BCUT2D eigenvalue weighted by Crippen LogP contribution is -2.27. The molecular formula is C19H20ClN5O2S. The fourth-order valence-corrected chi connectivity index (χ4v) is 3.53. The van der Waals surface area contributed by atoms with Gasteiger partial charge in [0.15, 0.2) is 0 Å². The highest BCUT2D eigenvalue weighted by Crippen LogP contribution is 2.26. The first-order valence-corrected chi connectivity index (χ1v) is 10.0. The number of ether oxygens (including phenoxy) is 1. The van der Waals surface area contributed by atoms with Crippen molar-refractivity contribution in [2.45, 2.75) is 18.5 Å².